The van der Waals surface area contributed by atoms with Crippen molar-refractivity contribution in [3.63, 3.8) is 0 Å². The van der Waals surface area contributed by atoms with Gasteiger partial charge in [-0.25, -0.2) is 0 Å². The van der Waals surface area contributed by atoms with E-state index in [-0.39, 0.29) is 28.5 Å². The maximum atomic E-state index is 13.3. The van der Waals surface area contributed by atoms with Gasteiger partial charge in [0.1, 0.15) is 17.3 Å². The van der Waals surface area contributed by atoms with Crippen LogP contribution in [0.3, 0.4) is 0 Å². The number of aliphatic hydroxyl groups excluding tert-OH is 1. The number of phenols is 1. The molecule has 1 heterocycles. The molecule has 0 saturated carbocycles. The van der Waals surface area contributed by atoms with E-state index < -0.39 is 23.5 Å². The summed E-state index contributed by atoms with van der Waals surface area (Å²) < 4.78 is 15.9. The first-order chi connectivity index (χ1) is 17.8. The molecule has 3 aromatic rings. The molecule has 4 rings (SSSR count). The molecule has 0 aliphatic carbocycles. The summed E-state index contributed by atoms with van der Waals surface area (Å²) in [5, 5.41) is 21.3. The maximum Gasteiger partial charge on any atom is 0.295 e. The minimum Gasteiger partial charge on any atom is -0.508 e. The van der Waals surface area contributed by atoms with Gasteiger partial charge in [0.05, 0.1) is 38.0 Å². The van der Waals surface area contributed by atoms with E-state index >= 15 is 0 Å². The number of carbonyl (C=O) groups is 2. The Morgan fingerprint density at radius 3 is 2.27 bits per heavy atom. The van der Waals surface area contributed by atoms with Crippen LogP contribution in [0, 0.1) is 0 Å². The number of hydrogen-bond acceptors (Lipinski definition) is 7. The van der Waals surface area contributed by atoms with Crippen LogP contribution in [-0.4, -0.2) is 54.7 Å². The lowest BCUT2D eigenvalue weighted by Crippen LogP contribution is -2.31. The molecule has 8 nitrogen and oxygen atoms in total. The van der Waals surface area contributed by atoms with Gasteiger partial charge in [0.25, 0.3) is 11.7 Å². The normalized spacial score (nSPS) is 16.6. The summed E-state index contributed by atoms with van der Waals surface area (Å²) in [6.45, 7) is 0.175. The second kappa shape index (κ2) is 10.8. The lowest BCUT2D eigenvalue weighted by atomic mass is 9.95. The Bertz CT molecular complexity index is 1370. The highest BCUT2D eigenvalue weighted by molar-refractivity contribution is 6.47. The smallest absolute Gasteiger partial charge is 0.295 e. The number of carbonyl (C=O) groups excluding carboxylic acids is 2. The molecule has 0 spiro atoms. The standard InChI is InChI=1S/C28H26ClNO7/c1-35-19-9-10-21(29)20(15-19)26(32)24-25(17-5-7-18(31)8-6-17)30(28(34)27(24)33)13-12-16-4-11-22(36-2)23(14-16)37-3/h4-11,14-15,25,31-32H,12-13H2,1-3H3/b26-24+. The zero-order valence-corrected chi connectivity index (χ0v) is 21.3. The lowest BCUT2D eigenvalue weighted by molar-refractivity contribution is -0.139. The second-order valence-electron chi connectivity index (χ2n) is 8.37. The molecule has 1 aliphatic heterocycles. The number of benzene rings is 3. The monoisotopic (exact) mass is 523 g/mol. The van der Waals surface area contributed by atoms with Crippen LogP contribution in [0.15, 0.2) is 66.2 Å². The average molecular weight is 524 g/mol. The van der Waals surface area contributed by atoms with Gasteiger partial charge in [0.2, 0.25) is 0 Å². The fraction of sp³-hybridized carbons (Fsp3) is 0.214. The Morgan fingerprint density at radius 1 is 0.919 bits per heavy atom. The van der Waals surface area contributed by atoms with Gasteiger partial charge in [-0.1, -0.05) is 29.8 Å². The Labute approximate surface area is 219 Å². The number of halogens is 1. The van der Waals surface area contributed by atoms with Crippen molar-refractivity contribution in [3.8, 4) is 23.0 Å². The van der Waals surface area contributed by atoms with Crippen LogP contribution in [0.1, 0.15) is 22.7 Å². The SMILES string of the molecule is COc1ccc(Cl)c(/C(O)=C2\C(=O)C(=O)N(CCc3ccc(OC)c(OC)c3)C2c2ccc(O)cc2)c1. The molecule has 1 unspecified atom stereocenters. The van der Waals surface area contributed by atoms with Crippen LogP contribution in [-0.2, 0) is 16.0 Å². The van der Waals surface area contributed by atoms with E-state index in [0.29, 0.717) is 29.2 Å². The first kappa shape index (κ1) is 25.9. The summed E-state index contributed by atoms with van der Waals surface area (Å²) in [5.41, 5.74) is 1.48. The predicted molar refractivity (Wildman–Crippen MR) is 138 cm³/mol. The highest BCUT2D eigenvalue weighted by Crippen LogP contribution is 2.41. The Hall–Kier alpha value is -4.17. The van der Waals surface area contributed by atoms with Gasteiger partial charge in [-0.05, 0) is 60.0 Å². The molecule has 0 radical (unpaired) electrons. The molecular formula is C28H26ClNO7. The summed E-state index contributed by atoms with van der Waals surface area (Å²) in [4.78, 5) is 27.9. The first-order valence-electron chi connectivity index (χ1n) is 11.4. The first-order valence-corrected chi connectivity index (χ1v) is 11.8. The van der Waals surface area contributed by atoms with Gasteiger partial charge in [-0.2, -0.15) is 0 Å². The molecule has 3 aromatic carbocycles. The molecule has 1 saturated heterocycles. The zero-order valence-electron chi connectivity index (χ0n) is 20.5. The number of ketones is 1. The number of aliphatic hydroxyl groups is 1. The van der Waals surface area contributed by atoms with Gasteiger partial charge in [0.15, 0.2) is 11.5 Å². The molecule has 1 atom stereocenters. The third-order valence-electron chi connectivity index (χ3n) is 6.27. The van der Waals surface area contributed by atoms with Crippen molar-refractivity contribution in [2.24, 2.45) is 0 Å². The van der Waals surface area contributed by atoms with E-state index in [1.165, 1.54) is 43.4 Å². The van der Waals surface area contributed by atoms with Crippen LogP contribution in [0.25, 0.3) is 5.76 Å². The summed E-state index contributed by atoms with van der Waals surface area (Å²) in [5.74, 6) is -0.415. The van der Waals surface area contributed by atoms with Crippen LogP contribution >= 0.6 is 11.6 Å². The third-order valence-corrected chi connectivity index (χ3v) is 6.60. The molecule has 1 amide bonds. The largest absolute Gasteiger partial charge is 0.508 e. The topological polar surface area (TPSA) is 106 Å². The molecule has 2 N–H and O–H groups in total. The van der Waals surface area contributed by atoms with Gasteiger partial charge in [-0.3, -0.25) is 9.59 Å². The molecule has 0 bridgehead atoms. The van der Waals surface area contributed by atoms with Crippen molar-refractivity contribution >= 4 is 29.1 Å². The molecule has 192 valence electrons. The minimum atomic E-state index is -0.900. The maximum absolute atomic E-state index is 13.3. The fourth-order valence-corrected chi connectivity index (χ4v) is 4.56. The van der Waals surface area contributed by atoms with Crippen molar-refractivity contribution in [3.05, 3.63) is 87.9 Å². The Balaban J connectivity index is 1.78. The lowest BCUT2D eigenvalue weighted by Gasteiger charge is -2.25. The summed E-state index contributed by atoms with van der Waals surface area (Å²) in [7, 11) is 4.55. The van der Waals surface area contributed by atoms with Gasteiger partial charge >= 0.3 is 0 Å². The van der Waals surface area contributed by atoms with Gasteiger partial charge in [-0.15, -0.1) is 0 Å². The van der Waals surface area contributed by atoms with Gasteiger partial charge < -0.3 is 29.3 Å². The van der Waals surface area contributed by atoms with Crippen LogP contribution in [0.5, 0.6) is 23.0 Å². The number of amides is 1. The molecular weight excluding hydrogens is 498 g/mol. The van der Waals surface area contributed by atoms with Crippen molar-refractivity contribution < 1.29 is 34.0 Å². The van der Waals surface area contributed by atoms with E-state index in [4.69, 9.17) is 25.8 Å². The minimum absolute atomic E-state index is 0.0295. The molecule has 1 fully saturated rings. The van der Waals surface area contributed by atoms with Crippen molar-refractivity contribution in [1.29, 1.82) is 0 Å². The van der Waals surface area contributed by atoms with E-state index in [0.717, 1.165) is 5.56 Å². The number of rotatable bonds is 8. The third kappa shape index (κ3) is 5.06. The molecule has 37 heavy (non-hydrogen) atoms. The van der Waals surface area contributed by atoms with Gasteiger partial charge in [0, 0.05) is 12.1 Å². The number of phenolic OH excluding ortho intramolecular Hbond substituents is 1. The van der Waals surface area contributed by atoms with E-state index in [1.54, 1.807) is 37.4 Å². The van der Waals surface area contributed by atoms with Crippen molar-refractivity contribution in [1.82, 2.24) is 4.90 Å². The van der Waals surface area contributed by atoms with Crippen molar-refractivity contribution in [2.75, 3.05) is 27.9 Å². The quantitative estimate of drug-likeness (QED) is 0.250. The number of hydrogen-bond donors (Lipinski definition) is 2. The average Bonchev–Trinajstić information content (AvgIpc) is 3.17. The predicted octanol–water partition coefficient (Wildman–Crippen LogP) is 4.74. The molecule has 1 aliphatic rings. The van der Waals surface area contributed by atoms with Crippen LogP contribution in [0.4, 0.5) is 0 Å². The number of nitrogens with zero attached hydrogens (tertiary/aromatic N) is 1. The molecule has 9 heteroatoms. The fourth-order valence-electron chi connectivity index (χ4n) is 4.36. The van der Waals surface area contributed by atoms with E-state index in [9.17, 15) is 19.8 Å². The highest BCUT2D eigenvalue weighted by Gasteiger charge is 2.46. The van der Waals surface area contributed by atoms with E-state index in [1.807, 2.05) is 6.07 Å². The summed E-state index contributed by atoms with van der Waals surface area (Å²) >= 11 is 6.34. The molecule has 0 aromatic heterocycles. The number of ether oxygens (including phenoxy) is 3. The number of methoxy groups -OCH3 is 3. The number of aromatic hydroxyl groups is 1. The summed E-state index contributed by atoms with van der Waals surface area (Å²) in [6.07, 6.45) is 0.405. The van der Waals surface area contributed by atoms with Crippen LogP contribution < -0.4 is 14.2 Å². The van der Waals surface area contributed by atoms with Crippen molar-refractivity contribution in [2.45, 2.75) is 12.5 Å². The second-order valence-corrected chi connectivity index (χ2v) is 8.78. The van der Waals surface area contributed by atoms with Crippen LogP contribution in [0.2, 0.25) is 5.02 Å². The highest BCUT2D eigenvalue weighted by atomic mass is 35.5. The Morgan fingerprint density at radius 2 is 1.62 bits per heavy atom. The summed E-state index contributed by atoms with van der Waals surface area (Å²) in [6, 6.07) is 15.3. The number of likely N-dealkylation sites (tertiary alicyclic amines) is 1. The Kier molecular flexibility index (Phi) is 7.59. The van der Waals surface area contributed by atoms with E-state index in [2.05, 4.69) is 0 Å². The number of Topliss-reactive ketones (excluding diaryl/α,β-unsaturated/α-hetero) is 1. The zero-order chi connectivity index (χ0) is 26.7.